The number of cyclic esters (lactones) is 2. The Kier molecular flexibility index (Phi) is 1.48. The van der Waals surface area contributed by atoms with Gasteiger partial charge in [0, 0.05) is 0 Å². The summed E-state index contributed by atoms with van der Waals surface area (Å²) in [6.45, 7) is 0. The fourth-order valence-corrected chi connectivity index (χ4v) is 2.07. The zero-order valence-electron chi connectivity index (χ0n) is 6.58. The first-order chi connectivity index (χ1) is 5.67. The first-order valence-electron chi connectivity index (χ1n) is 4.11. The van der Waals surface area contributed by atoms with Crippen LogP contribution in [0.25, 0.3) is 0 Å². The van der Waals surface area contributed by atoms with Crippen LogP contribution >= 0.6 is 0 Å². The van der Waals surface area contributed by atoms with Gasteiger partial charge >= 0.3 is 11.9 Å². The van der Waals surface area contributed by atoms with E-state index in [0.717, 1.165) is 12.8 Å². The Morgan fingerprint density at radius 3 is 2.33 bits per heavy atom. The van der Waals surface area contributed by atoms with Crippen molar-refractivity contribution in [3.63, 3.8) is 0 Å². The molecule has 12 heavy (non-hydrogen) atoms. The summed E-state index contributed by atoms with van der Waals surface area (Å²) >= 11 is 0. The second kappa shape index (κ2) is 2.29. The second-order valence-corrected chi connectivity index (χ2v) is 3.47. The van der Waals surface area contributed by atoms with Crippen LogP contribution in [0.15, 0.2) is 0 Å². The molecule has 1 unspecified atom stereocenters. The Morgan fingerprint density at radius 2 is 1.92 bits per heavy atom. The van der Waals surface area contributed by atoms with E-state index in [-0.39, 0.29) is 0 Å². The smallest absolute Gasteiger partial charge is 0.343 e. The predicted molar refractivity (Wildman–Crippen MR) is 38.0 cm³/mol. The molecule has 66 valence electrons. The molecule has 2 rings (SSSR count). The number of esters is 2. The van der Waals surface area contributed by atoms with Gasteiger partial charge in [0.2, 0.25) is 0 Å². The summed E-state index contributed by atoms with van der Waals surface area (Å²) in [5.74, 6) is -1.31. The topological polar surface area (TPSA) is 63.6 Å². The minimum absolute atomic E-state index is 0.530. The van der Waals surface area contributed by atoms with Crippen molar-refractivity contribution in [2.24, 2.45) is 5.41 Å². The molecule has 4 nitrogen and oxygen atoms in total. The largest absolute Gasteiger partial charge is 0.391 e. The number of hydrogen-bond acceptors (Lipinski definition) is 4. The molecule has 1 N–H and O–H groups in total. The van der Waals surface area contributed by atoms with Gasteiger partial charge in [-0.25, -0.2) is 4.79 Å². The first kappa shape index (κ1) is 7.73. The van der Waals surface area contributed by atoms with Crippen molar-refractivity contribution in [3.8, 4) is 0 Å². The number of rotatable bonds is 0. The van der Waals surface area contributed by atoms with Gasteiger partial charge in [0.05, 0.1) is 0 Å². The van der Waals surface area contributed by atoms with E-state index < -0.39 is 23.5 Å². The van der Waals surface area contributed by atoms with Gasteiger partial charge in [-0.2, -0.15) is 0 Å². The van der Waals surface area contributed by atoms with Gasteiger partial charge < -0.3 is 9.84 Å². The van der Waals surface area contributed by atoms with Crippen LogP contribution in [0.4, 0.5) is 0 Å². The fourth-order valence-electron chi connectivity index (χ4n) is 2.07. The highest BCUT2D eigenvalue weighted by Crippen LogP contribution is 2.45. The zero-order chi connectivity index (χ0) is 8.77. The first-order valence-corrected chi connectivity index (χ1v) is 4.11. The minimum Gasteiger partial charge on any atom is -0.391 e. The summed E-state index contributed by atoms with van der Waals surface area (Å²) in [7, 11) is 0. The number of carbonyl (C=O) groups excluding carboxylic acids is 2. The van der Waals surface area contributed by atoms with E-state index in [1.54, 1.807) is 0 Å². The Hall–Kier alpha value is -0.900. The lowest BCUT2D eigenvalue weighted by Gasteiger charge is -2.18. The highest BCUT2D eigenvalue weighted by molar-refractivity contribution is 6.00. The van der Waals surface area contributed by atoms with E-state index in [2.05, 4.69) is 4.74 Å². The van der Waals surface area contributed by atoms with Gasteiger partial charge in [-0.15, -0.1) is 0 Å². The quantitative estimate of drug-likeness (QED) is 0.410. The second-order valence-electron chi connectivity index (χ2n) is 3.47. The minimum atomic E-state index is -1.22. The SMILES string of the molecule is O=C1OC(=O)C2(CCCC2)C1O. The summed E-state index contributed by atoms with van der Waals surface area (Å²) in [4.78, 5) is 22.1. The highest BCUT2D eigenvalue weighted by Gasteiger charge is 2.58. The summed E-state index contributed by atoms with van der Waals surface area (Å²) in [5, 5.41) is 9.42. The molecule has 1 spiro atoms. The van der Waals surface area contributed by atoms with Crippen LogP contribution in [0, 0.1) is 5.41 Å². The molecule has 0 amide bonds. The number of hydrogen-bond donors (Lipinski definition) is 1. The molecule has 1 aliphatic carbocycles. The molecular formula is C8H10O4. The van der Waals surface area contributed by atoms with Gasteiger partial charge in [-0.3, -0.25) is 4.79 Å². The van der Waals surface area contributed by atoms with Crippen LogP contribution in [0.1, 0.15) is 25.7 Å². The summed E-state index contributed by atoms with van der Waals surface area (Å²) in [5.41, 5.74) is -0.878. The molecule has 1 heterocycles. The van der Waals surface area contributed by atoms with Crippen LogP contribution in [-0.4, -0.2) is 23.1 Å². The third-order valence-corrected chi connectivity index (χ3v) is 2.84. The van der Waals surface area contributed by atoms with Gasteiger partial charge in [0.25, 0.3) is 0 Å². The zero-order valence-corrected chi connectivity index (χ0v) is 6.58. The molecule has 4 heteroatoms. The van der Waals surface area contributed by atoms with Crippen molar-refractivity contribution in [1.29, 1.82) is 0 Å². The third kappa shape index (κ3) is 0.756. The Morgan fingerprint density at radius 1 is 1.33 bits per heavy atom. The Labute approximate surface area is 69.5 Å². The van der Waals surface area contributed by atoms with Crippen molar-refractivity contribution in [3.05, 3.63) is 0 Å². The third-order valence-electron chi connectivity index (χ3n) is 2.84. The maximum Gasteiger partial charge on any atom is 0.343 e. The predicted octanol–water partition coefficient (Wildman–Crippen LogP) is -0.00890. The molecule has 1 saturated heterocycles. The van der Waals surface area contributed by atoms with Gasteiger partial charge in [-0.1, -0.05) is 12.8 Å². The van der Waals surface area contributed by atoms with Crippen molar-refractivity contribution in [2.75, 3.05) is 0 Å². The lowest BCUT2D eigenvalue weighted by molar-refractivity contribution is -0.155. The molecule has 0 aromatic rings. The maximum atomic E-state index is 11.2. The number of carbonyl (C=O) groups is 2. The van der Waals surface area contributed by atoms with Gasteiger partial charge in [-0.05, 0) is 12.8 Å². The lowest BCUT2D eigenvalue weighted by Crippen LogP contribution is -2.35. The molecule has 2 aliphatic rings. The monoisotopic (exact) mass is 170 g/mol. The number of ether oxygens (including phenoxy) is 1. The molecule has 0 bridgehead atoms. The standard InChI is InChI=1S/C8H10O4/c9-5-6(10)12-7(11)8(5)3-1-2-4-8/h5,9H,1-4H2. The Bertz CT molecular complexity index is 239. The Balaban J connectivity index is 2.34. The summed E-state index contributed by atoms with van der Waals surface area (Å²) in [6, 6.07) is 0. The van der Waals surface area contributed by atoms with Gasteiger partial charge in [0.15, 0.2) is 6.10 Å². The molecule has 1 aliphatic heterocycles. The van der Waals surface area contributed by atoms with E-state index in [9.17, 15) is 14.7 Å². The normalized spacial score (nSPS) is 32.9. The molecule has 2 fully saturated rings. The number of aliphatic hydroxyl groups excluding tert-OH is 1. The number of aliphatic hydroxyl groups is 1. The lowest BCUT2D eigenvalue weighted by atomic mass is 9.82. The van der Waals surface area contributed by atoms with E-state index in [4.69, 9.17) is 0 Å². The molecule has 1 saturated carbocycles. The average molecular weight is 170 g/mol. The van der Waals surface area contributed by atoms with E-state index in [1.807, 2.05) is 0 Å². The van der Waals surface area contributed by atoms with Gasteiger partial charge in [0.1, 0.15) is 5.41 Å². The van der Waals surface area contributed by atoms with Crippen molar-refractivity contribution >= 4 is 11.9 Å². The molecule has 1 atom stereocenters. The maximum absolute atomic E-state index is 11.2. The highest BCUT2D eigenvalue weighted by atomic mass is 16.6. The van der Waals surface area contributed by atoms with Crippen molar-refractivity contribution in [2.45, 2.75) is 31.8 Å². The van der Waals surface area contributed by atoms with Crippen molar-refractivity contribution in [1.82, 2.24) is 0 Å². The van der Waals surface area contributed by atoms with E-state index in [1.165, 1.54) is 0 Å². The fraction of sp³-hybridized carbons (Fsp3) is 0.750. The average Bonchev–Trinajstić information content (AvgIpc) is 2.57. The van der Waals surface area contributed by atoms with Crippen LogP contribution in [0.2, 0.25) is 0 Å². The molecule has 0 aromatic heterocycles. The van der Waals surface area contributed by atoms with E-state index >= 15 is 0 Å². The van der Waals surface area contributed by atoms with Crippen molar-refractivity contribution < 1.29 is 19.4 Å². The molecule has 0 radical (unpaired) electrons. The van der Waals surface area contributed by atoms with Crippen LogP contribution in [0.5, 0.6) is 0 Å². The molecular weight excluding hydrogens is 160 g/mol. The van der Waals surface area contributed by atoms with Crippen LogP contribution in [-0.2, 0) is 14.3 Å². The summed E-state index contributed by atoms with van der Waals surface area (Å²) in [6.07, 6.45) is 1.73. The molecule has 0 aromatic carbocycles. The van der Waals surface area contributed by atoms with Crippen LogP contribution < -0.4 is 0 Å². The van der Waals surface area contributed by atoms with Crippen LogP contribution in [0.3, 0.4) is 0 Å². The summed E-state index contributed by atoms with van der Waals surface area (Å²) < 4.78 is 4.38. The van der Waals surface area contributed by atoms with E-state index in [0.29, 0.717) is 12.8 Å².